The van der Waals surface area contributed by atoms with Gasteiger partial charge in [0.2, 0.25) is 11.5 Å². The zero-order chi connectivity index (χ0) is 41.9. The number of methoxy groups -OCH3 is 2. The Balaban J connectivity index is 1.19. The fourth-order valence-electron chi connectivity index (χ4n) is 4.76. The Morgan fingerprint density at radius 3 is 1.31 bits per heavy atom. The van der Waals surface area contributed by atoms with Crippen LogP contribution in [-0.2, 0) is 0 Å². The molecule has 0 aliphatic heterocycles. The standard InChI is InChI=1S/C35H25N9O14/c1-55-32-14-20(6-10-30(32)57-28-12-8-22(41(47)48)16-26(28)43(51)52)18-36-39-34(45)24-4-3-5-25(38-24)35(46)40-37-19-21-7-11-31(33(15-21)56-2)58-29-13-9-23(42(49)50)17-27(29)44(53)54/h3-19H,1-2H3,(H,39,45)(H,40,46). The molecule has 2 amide bonds. The molecule has 5 rings (SSSR count). The minimum Gasteiger partial charge on any atom is -0.493 e. The Morgan fingerprint density at radius 1 is 0.552 bits per heavy atom. The number of nitro benzene ring substituents is 4. The van der Waals surface area contributed by atoms with Crippen LogP contribution in [0.1, 0.15) is 32.1 Å². The van der Waals surface area contributed by atoms with Gasteiger partial charge in [0.25, 0.3) is 23.2 Å². The number of pyridine rings is 1. The van der Waals surface area contributed by atoms with Gasteiger partial charge in [0, 0.05) is 12.1 Å². The molecule has 58 heavy (non-hydrogen) atoms. The lowest BCUT2D eigenvalue weighted by molar-refractivity contribution is -0.394. The Morgan fingerprint density at radius 2 is 0.948 bits per heavy atom. The van der Waals surface area contributed by atoms with Crippen molar-refractivity contribution in [2.45, 2.75) is 0 Å². The Kier molecular flexibility index (Phi) is 12.5. The predicted octanol–water partition coefficient (Wildman–Crippen LogP) is 5.84. The van der Waals surface area contributed by atoms with E-state index in [4.69, 9.17) is 18.9 Å². The third-order valence-electron chi connectivity index (χ3n) is 7.49. The number of non-ortho nitro benzene ring substituents is 2. The molecule has 0 radical (unpaired) electrons. The van der Waals surface area contributed by atoms with Gasteiger partial charge in [-0.3, -0.25) is 50.0 Å². The van der Waals surface area contributed by atoms with Gasteiger partial charge >= 0.3 is 11.4 Å². The van der Waals surface area contributed by atoms with Crippen LogP contribution in [0.25, 0.3) is 0 Å². The molecule has 294 valence electrons. The van der Waals surface area contributed by atoms with E-state index in [9.17, 15) is 50.0 Å². The van der Waals surface area contributed by atoms with Gasteiger partial charge in [-0.15, -0.1) is 0 Å². The van der Waals surface area contributed by atoms with Crippen LogP contribution in [0.5, 0.6) is 34.5 Å². The number of benzene rings is 4. The minimum atomic E-state index is -0.823. The molecule has 0 bridgehead atoms. The first-order valence-electron chi connectivity index (χ1n) is 16.0. The van der Waals surface area contributed by atoms with Crippen molar-refractivity contribution in [1.82, 2.24) is 15.8 Å². The largest absolute Gasteiger partial charge is 0.493 e. The highest BCUT2D eigenvalue weighted by Gasteiger charge is 2.24. The van der Waals surface area contributed by atoms with Gasteiger partial charge in [0.05, 0.1) is 58.5 Å². The highest BCUT2D eigenvalue weighted by Crippen LogP contribution is 2.39. The van der Waals surface area contributed by atoms with Crippen LogP contribution < -0.4 is 29.8 Å². The van der Waals surface area contributed by atoms with Crippen molar-refractivity contribution in [2.75, 3.05) is 14.2 Å². The van der Waals surface area contributed by atoms with Gasteiger partial charge in [-0.2, -0.15) is 10.2 Å². The van der Waals surface area contributed by atoms with E-state index in [2.05, 4.69) is 26.0 Å². The molecule has 2 N–H and O–H groups in total. The molecule has 23 heteroatoms. The van der Waals surface area contributed by atoms with Gasteiger partial charge in [-0.05, 0) is 71.8 Å². The highest BCUT2D eigenvalue weighted by molar-refractivity contribution is 5.97. The first-order valence-corrected chi connectivity index (χ1v) is 16.0. The van der Waals surface area contributed by atoms with Crippen molar-refractivity contribution in [3.8, 4) is 34.5 Å². The third kappa shape index (κ3) is 9.80. The van der Waals surface area contributed by atoms with E-state index in [0.717, 1.165) is 36.4 Å². The van der Waals surface area contributed by atoms with E-state index >= 15 is 0 Å². The number of hydrogen-bond acceptors (Lipinski definition) is 17. The molecular weight excluding hydrogens is 770 g/mol. The van der Waals surface area contributed by atoms with E-state index in [1.165, 1.54) is 81.2 Å². The maximum Gasteiger partial charge on any atom is 0.318 e. The lowest BCUT2D eigenvalue weighted by atomic mass is 10.2. The molecular formula is C35H25N9O14. The molecule has 0 fully saturated rings. The summed E-state index contributed by atoms with van der Waals surface area (Å²) in [6.45, 7) is 0. The molecule has 0 aliphatic rings. The smallest absolute Gasteiger partial charge is 0.318 e. The van der Waals surface area contributed by atoms with Crippen LogP contribution in [0, 0.1) is 40.5 Å². The third-order valence-corrected chi connectivity index (χ3v) is 7.49. The molecule has 0 unspecified atom stereocenters. The van der Waals surface area contributed by atoms with Crippen molar-refractivity contribution in [3.63, 3.8) is 0 Å². The second-order valence-corrected chi connectivity index (χ2v) is 11.2. The summed E-state index contributed by atoms with van der Waals surface area (Å²) in [5, 5.41) is 52.8. The summed E-state index contributed by atoms with van der Waals surface area (Å²) >= 11 is 0. The van der Waals surface area contributed by atoms with Crippen LogP contribution in [0.15, 0.2) is 101 Å². The number of aromatic nitrogens is 1. The molecule has 1 heterocycles. The van der Waals surface area contributed by atoms with Crippen LogP contribution in [0.2, 0.25) is 0 Å². The molecule has 5 aromatic rings. The quantitative estimate of drug-likeness (QED) is 0.0673. The summed E-state index contributed by atoms with van der Waals surface area (Å²) in [6.07, 6.45) is 2.49. The second kappa shape index (κ2) is 18.0. The molecule has 4 aromatic carbocycles. The molecule has 1 aromatic heterocycles. The number of nitro groups is 4. The number of hydrazone groups is 2. The fourth-order valence-corrected chi connectivity index (χ4v) is 4.76. The molecule has 23 nitrogen and oxygen atoms in total. The van der Waals surface area contributed by atoms with E-state index < -0.39 is 54.3 Å². The Labute approximate surface area is 323 Å². The predicted molar refractivity (Wildman–Crippen MR) is 200 cm³/mol. The van der Waals surface area contributed by atoms with Crippen molar-refractivity contribution in [2.24, 2.45) is 10.2 Å². The zero-order valence-corrected chi connectivity index (χ0v) is 29.7. The fraction of sp³-hybridized carbons (Fsp3) is 0.0571. The van der Waals surface area contributed by atoms with Gasteiger partial charge in [0.1, 0.15) is 11.4 Å². The van der Waals surface area contributed by atoms with Crippen molar-refractivity contribution < 1.29 is 48.2 Å². The van der Waals surface area contributed by atoms with Crippen LogP contribution >= 0.6 is 0 Å². The minimum absolute atomic E-state index is 0.0448. The van der Waals surface area contributed by atoms with Crippen molar-refractivity contribution >= 4 is 47.0 Å². The van der Waals surface area contributed by atoms with Crippen LogP contribution in [-0.4, -0.2) is 63.1 Å². The van der Waals surface area contributed by atoms with E-state index in [-0.39, 0.29) is 45.9 Å². The maximum absolute atomic E-state index is 12.8. The Hall–Kier alpha value is -8.89. The lowest BCUT2D eigenvalue weighted by Gasteiger charge is -2.11. The van der Waals surface area contributed by atoms with Gasteiger partial charge in [0.15, 0.2) is 23.0 Å². The Bertz CT molecular complexity index is 2360. The van der Waals surface area contributed by atoms with Crippen LogP contribution in [0.4, 0.5) is 22.7 Å². The first-order chi connectivity index (χ1) is 27.8. The molecule has 0 saturated carbocycles. The molecule has 0 spiro atoms. The number of carbonyl (C=O) groups excluding carboxylic acids is 2. The van der Waals surface area contributed by atoms with E-state index in [1.54, 1.807) is 0 Å². The monoisotopic (exact) mass is 795 g/mol. The summed E-state index contributed by atoms with van der Waals surface area (Å²) in [7, 11) is 2.62. The average Bonchev–Trinajstić information content (AvgIpc) is 3.21. The van der Waals surface area contributed by atoms with Crippen LogP contribution in [0.3, 0.4) is 0 Å². The SMILES string of the molecule is COc1cc(C=NNC(=O)c2cccc(C(=O)NN=Cc3ccc(Oc4ccc([N+](=O)[O-])cc4[N+](=O)[O-])c(OC)c3)n2)ccc1Oc1ccc([N+](=O)[O-])cc1[N+](=O)[O-]. The molecule has 0 aliphatic carbocycles. The number of hydrogen-bond donors (Lipinski definition) is 2. The lowest BCUT2D eigenvalue weighted by Crippen LogP contribution is -2.23. The number of rotatable bonds is 16. The average molecular weight is 796 g/mol. The summed E-state index contributed by atoms with van der Waals surface area (Å²) in [4.78, 5) is 71.4. The number of amides is 2. The van der Waals surface area contributed by atoms with E-state index in [1.807, 2.05) is 0 Å². The topological polar surface area (TPSA) is 305 Å². The van der Waals surface area contributed by atoms with Gasteiger partial charge < -0.3 is 18.9 Å². The number of carbonyl (C=O) groups is 2. The van der Waals surface area contributed by atoms with Crippen molar-refractivity contribution in [1.29, 1.82) is 0 Å². The second-order valence-electron chi connectivity index (χ2n) is 11.2. The summed E-state index contributed by atoms with van der Waals surface area (Å²) in [5.74, 6) is -1.77. The summed E-state index contributed by atoms with van der Waals surface area (Å²) in [5.41, 5.74) is 2.75. The molecule has 0 saturated heterocycles. The molecule has 0 atom stereocenters. The number of nitrogens with one attached hydrogen (secondary N) is 2. The van der Waals surface area contributed by atoms with Gasteiger partial charge in [-0.25, -0.2) is 15.8 Å². The van der Waals surface area contributed by atoms with Gasteiger partial charge in [-0.1, -0.05) is 6.07 Å². The van der Waals surface area contributed by atoms with Crippen molar-refractivity contribution in [3.05, 3.63) is 154 Å². The normalized spacial score (nSPS) is 10.8. The number of ether oxygens (including phenoxy) is 4. The first kappa shape index (κ1) is 40.3. The van der Waals surface area contributed by atoms with E-state index in [0.29, 0.717) is 11.1 Å². The zero-order valence-electron chi connectivity index (χ0n) is 29.7. The maximum atomic E-state index is 12.8. The summed E-state index contributed by atoms with van der Waals surface area (Å²) in [6, 6.07) is 18.6. The number of nitrogens with zero attached hydrogens (tertiary/aromatic N) is 7. The highest BCUT2D eigenvalue weighted by atomic mass is 16.6. The summed E-state index contributed by atoms with van der Waals surface area (Å²) < 4.78 is 21.8.